The van der Waals surface area contributed by atoms with E-state index in [4.69, 9.17) is 0 Å². The second kappa shape index (κ2) is 9.07. The lowest BCUT2D eigenvalue weighted by atomic mass is 9.73. The van der Waals surface area contributed by atoms with Crippen LogP contribution in [0.1, 0.15) is 36.5 Å². The summed E-state index contributed by atoms with van der Waals surface area (Å²) in [6.07, 6.45) is 0. The highest BCUT2D eigenvalue weighted by Crippen LogP contribution is 2.43. The van der Waals surface area contributed by atoms with Crippen molar-refractivity contribution in [3.63, 3.8) is 0 Å². The molecule has 7 nitrogen and oxygen atoms in total. The summed E-state index contributed by atoms with van der Waals surface area (Å²) in [5, 5.41) is 22.0. The summed E-state index contributed by atoms with van der Waals surface area (Å²) in [4.78, 5) is 27.7. The maximum absolute atomic E-state index is 13.8. The Morgan fingerprint density at radius 2 is 1.03 bits per heavy atom. The van der Waals surface area contributed by atoms with Crippen LogP contribution in [0.15, 0.2) is 83.0 Å². The number of anilines is 2. The summed E-state index contributed by atoms with van der Waals surface area (Å²) in [5.41, 5.74) is 5.57. The number of carbonyl (C=O) groups excluding carboxylic acids is 2. The smallest absolute Gasteiger partial charge is 0.256 e. The summed E-state index contributed by atoms with van der Waals surface area (Å²) in [6, 6.07) is 21.9. The molecule has 7 heteroatoms. The lowest BCUT2D eigenvalue weighted by Gasteiger charge is -2.28. The molecule has 5 rings (SSSR count). The Labute approximate surface area is 210 Å². The van der Waals surface area contributed by atoms with Crippen LogP contribution in [-0.4, -0.2) is 28.3 Å². The van der Waals surface area contributed by atoms with Crippen molar-refractivity contribution in [2.24, 2.45) is 22.0 Å². The van der Waals surface area contributed by atoms with Crippen molar-refractivity contribution in [2.75, 3.05) is 10.0 Å². The maximum atomic E-state index is 13.8. The van der Waals surface area contributed by atoms with Crippen molar-refractivity contribution in [2.45, 2.75) is 33.6 Å². The molecule has 3 aromatic rings. The number of amides is 2. The number of phenolic OH excluding ortho intramolecular Hbond substituents is 1. The summed E-state index contributed by atoms with van der Waals surface area (Å²) in [6.45, 7) is 7.63. The van der Waals surface area contributed by atoms with Crippen LogP contribution in [0, 0.1) is 25.7 Å². The largest absolute Gasteiger partial charge is 0.508 e. The molecule has 0 saturated heterocycles. The highest BCUT2D eigenvalue weighted by Gasteiger charge is 2.50. The molecule has 2 unspecified atom stereocenters. The first kappa shape index (κ1) is 23.5. The second-order valence-corrected chi connectivity index (χ2v) is 9.53. The Morgan fingerprint density at radius 1 is 0.639 bits per heavy atom. The molecule has 0 aliphatic carbocycles. The first-order valence-corrected chi connectivity index (χ1v) is 11.9. The number of benzene rings is 3. The van der Waals surface area contributed by atoms with Gasteiger partial charge in [-0.05, 0) is 69.7 Å². The Kier molecular flexibility index (Phi) is 5.92. The fourth-order valence-corrected chi connectivity index (χ4v) is 5.00. The van der Waals surface area contributed by atoms with Crippen LogP contribution < -0.4 is 10.0 Å². The van der Waals surface area contributed by atoms with E-state index in [0.29, 0.717) is 22.8 Å². The molecule has 2 amide bonds. The number of aryl methyl sites for hydroxylation is 2. The third-order valence-corrected chi connectivity index (χ3v) is 6.92. The Hall–Kier alpha value is -4.26. The molecular weight excluding hydrogens is 452 g/mol. The zero-order valence-corrected chi connectivity index (χ0v) is 20.7. The van der Waals surface area contributed by atoms with E-state index >= 15 is 0 Å². The molecule has 0 radical (unpaired) electrons. The predicted octanol–water partition coefficient (Wildman–Crippen LogP) is 5.17. The van der Waals surface area contributed by atoms with Crippen molar-refractivity contribution in [1.82, 2.24) is 0 Å². The lowest BCUT2D eigenvalue weighted by Crippen LogP contribution is -2.40. The summed E-state index contributed by atoms with van der Waals surface area (Å²) < 4.78 is 0. The van der Waals surface area contributed by atoms with E-state index in [1.807, 2.05) is 76.2 Å². The maximum Gasteiger partial charge on any atom is 0.256 e. The molecule has 0 spiro atoms. The van der Waals surface area contributed by atoms with Gasteiger partial charge in [0, 0.05) is 17.3 Å². The third kappa shape index (κ3) is 4.06. The van der Waals surface area contributed by atoms with Gasteiger partial charge in [0.2, 0.25) is 0 Å². The van der Waals surface area contributed by atoms with E-state index in [2.05, 4.69) is 10.2 Å². The number of aromatic hydroxyl groups is 1. The van der Waals surface area contributed by atoms with Gasteiger partial charge in [0.1, 0.15) is 5.75 Å². The van der Waals surface area contributed by atoms with E-state index in [9.17, 15) is 14.7 Å². The predicted molar refractivity (Wildman–Crippen MR) is 141 cm³/mol. The third-order valence-electron chi connectivity index (χ3n) is 6.92. The van der Waals surface area contributed by atoms with Crippen molar-refractivity contribution in [3.8, 4) is 5.75 Å². The lowest BCUT2D eigenvalue weighted by molar-refractivity contribution is -0.122. The van der Waals surface area contributed by atoms with Crippen molar-refractivity contribution >= 4 is 34.6 Å². The van der Waals surface area contributed by atoms with Crippen molar-refractivity contribution in [1.29, 1.82) is 0 Å². The fraction of sp³-hybridized carbons (Fsp3) is 0.241. The van der Waals surface area contributed by atoms with Crippen LogP contribution >= 0.6 is 0 Å². The molecule has 2 atom stereocenters. The zero-order valence-electron chi connectivity index (χ0n) is 20.7. The second-order valence-electron chi connectivity index (χ2n) is 9.53. The highest BCUT2D eigenvalue weighted by molar-refractivity contribution is 6.19. The fourth-order valence-electron chi connectivity index (χ4n) is 5.00. The number of nitrogens with zero attached hydrogens (tertiary/aromatic N) is 4. The molecule has 0 saturated carbocycles. The van der Waals surface area contributed by atoms with Gasteiger partial charge in [-0.1, -0.05) is 47.5 Å². The van der Waals surface area contributed by atoms with Gasteiger partial charge in [-0.25, -0.2) is 10.0 Å². The number of carbonyl (C=O) groups is 2. The molecule has 0 aromatic heterocycles. The first-order chi connectivity index (χ1) is 17.2. The normalized spacial score (nSPS) is 20.6. The van der Waals surface area contributed by atoms with Crippen LogP contribution in [0.3, 0.4) is 0 Å². The topological polar surface area (TPSA) is 85.6 Å². The van der Waals surface area contributed by atoms with E-state index in [1.165, 1.54) is 10.0 Å². The Balaban J connectivity index is 1.55. The van der Waals surface area contributed by atoms with E-state index in [1.54, 1.807) is 24.3 Å². The van der Waals surface area contributed by atoms with E-state index < -0.39 is 17.8 Å². The minimum absolute atomic E-state index is 0.117. The molecular formula is C29H28N4O3. The SMILES string of the molecule is CC1=NN(c2ccc(C)cc2)C(=O)C1C(c1ccc(O)cc1)C1C(=O)N(c2ccc(C)cc2)N=C1C. The standard InChI is InChI=1S/C29H28N4O3/c1-17-5-11-22(12-6-17)32-28(35)25(19(3)30-32)27(21-9-15-24(34)16-10-21)26-20(4)31-33(29(26)36)23-13-7-18(2)8-14-23/h5-16,25-27,34H,1-4H3. The number of hydrogen-bond acceptors (Lipinski definition) is 5. The highest BCUT2D eigenvalue weighted by atomic mass is 16.3. The number of hydrogen-bond donors (Lipinski definition) is 1. The van der Waals surface area contributed by atoms with Crippen LogP contribution in [0.2, 0.25) is 0 Å². The monoisotopic (exact) mass is 480 g/mol. The molecule has 182 valence electrons. The average molecular weight is 481 g/mol. The van der Waals surface area contributed by atoms with Crippen LogP contribution in [0.25, 0.3) is 0 Å². The van der Waals surface area contributed by atoms with E-state index in [0.717, 1.165) is 16.7 Å². The zero-order chi connectivity index (χ0) is 25.6. The van der Waals surface area contributed by atoms with Gasteiger partial charge in [-0.3, -0.25) is 9.59 Å². The number of hydrazone groups is 2. The van der Waals surface area contributed by atoms with Crippen molar-refractivity contribution < 1.29 is 14.7 Å². The summed E-state index contributed by atoms with van der Waals surface area (Å²) >= 11 is 0. The first-order valence-electron chi connectivity index (χ1n) is 11.9. The number of phenols is 1. The number of rotatable bonds is 5. The molecule has 2 aliphatic heterocycles. The molecule has 0 fully saturated rings. The minimum atomic E-state index is -0.659. The van der Waals surface area contributed by atoms with Gasteiger partial charge in [-0.2, -0.15) is 10.2 Å². The minimum Gasteiger partial charge on any atom is -0.508 e. The molecule has 36 heavy (non-hydrogen) atoms. The molecule has 2 aliphatic rings. The van der Waals surface area contributed by atoms with Gasteiger partial charge in [0.25, 0.3) is 11.8 Å². The van der Waals surface area contributed by atoms with Crippen LogP contribution in [0.4, 0.5) is 11.4 Å². The van der Waals surface area contributed by atoms with Gasteiger partial charge in [0.15, 0.2) is 0 Å². The molecule has 1 N–H and O–H groups in total. The quantitative estimate of drug-likeness (QED) is 0.547. The Bertz CT molecular complexity index is 1290. The van der Waals surface area contributed by atoms with Gasteiger partial charge in [0.05, 0.1) is 23.2 Å². The van der Waals surface area contributed by atoms with Crippen LogP contribution in [-0.2, 0) is 9.59 Å². The molecule has 0 bridgehead atoms. The van der Waals surface area contributed by atoms with Crippen molar-refractivity contribution in [3.05, 3.63) is 89.5 Å². The molecule has 3 aromatic carbocycles. The van der Waals surface area contributed by atoms with Gasteiger partial charge in [-0.15, -0.1) is 0 Å². The summed E-state index contributed by atoms with van der Waals surface area (Å²) in [7, 11) is 0. The molecule has 2 heterocycles. The summed E-state index contributed by atoms with van der Waals surface area (Å²) in [5.74, 6) is -2.12. The van der Waals surface area contributed by atoms with E-state index in [-0.39, 0.29) is 17.6 Å². The Morgan fingerprint density at radius 3 is 1.42 bits per heavy atom. The van der Waals surface area contributed by atoms with Crippen LogP contribution in [0.5, 0.6) is 5.75 Å². The van der Waals surface area contributed by atoms with Gasteiger partial charge < -0.3 is 5.11 Å². The average Bonchev–Trinajstić information content (AvgIpc) is 3.32. The van der Waals surface area contributed by atoms with Gasteiger partial charge >= 0.3 is 0 Å².